The lowest BCUT2D eigenvalue weighted by molar-refractivity contribution is 0.0910. The second kappa shape index (κ2) is 6.47. The number of methoxy groups -OCH3 is 1. The van der Waals surface area contributed by atoms with Gasteiger partial charge in [0.2, 0.25) is 0 Å². The summed E-state index contributed by atoms with van der Waals surface area (Å²) in [5.41, 5.74) is 0.347. The Morgan fingerprint density at radius 3 is 3.00 bits per heavy atom. The summed E-state index contributed by atoms with van der Waals surface area (Å²) in [5.74, 6) is 0.449. The molecule has 2 unspecified atom stereocenters. The number of rotatable bonds is 5. The summed E-state index contributed by atoms with van der Waals surface area (Å²) in [5, 5.41) is 6.02. The summed E-state index contributed by atoms with van der Waals surface area (Å²) in [4.78, 5) is 20.3. The zero-order chi connectivity index (χ0) is 13.7. The van der Waals surface area contributed by atoms with Crippen LogP contribution in [0, 0.1) is 0 Å². The highest BCUT2D eigenvalue weighted by molar-refractivity contribution is 5.92. The molecular weight excluding hydrogens is 244 g/mol. The lowest BCUT2D eigenvalue weighted by atomic mass is 10.2. The second-order valence-corrected chi connectivity index (χ2v) is 4.66. The molecule has 6 nitrogen and oxygen atoms in total. The number of amides is 1. The van der Waals surface area contributed by atoms with Crippen LogP contribution < -0.4 is 10.6 Å². The molecular formula is C13H20N4O2. The van der Waals surface area contributed by atoms with Crippen molar-refractivity contribution in [2.45, 2.75) is 38.3 Å². The molecule has 0 bridgehead atoms. The van der Waals surface area contributed by atoms with E-state index in [4.69, 9.17) is 4.74 Å². The molecule has 1 fully saturated rings. The van der Waals surface area contributed by atoms with Crippen molar-refractivity contribution in [1.82, 2.24) is 15.3 Å². The number of nitrogens with one attached hydrogen (secondary N) is 2. The average Bonchev–Trinajstić information content (AvgIpc) is 2.87. The molecule has 1 aliphatic carbocycles. The monoisotopic (exact) mass is 264 g/mol. The Balaban J connectivity index is 1.94. The third-order valence-corrected chi connectivity index (χ3v) is 3.28. The van der Waals surface area contributed by atoms with Crippen molar-refractivity contribution in [2.75, 3.05) is 19.0 Å². The average molecular weight is 264 g/mol. The van der Waals surface area contributed by atoms with Gasteiger partial charge >= 0.3 is 0 Å². The van der Waals surface area contributed by atoms with Gasteiger partial charge in [-0.25, -0.2) is 4.98 Å². The number of anilines is 1. The molecule has 1 heterocycles. The molecule has 0 aromatic carbocycles. The molecule has 1 aromatic heterocycles. The van der Waals surface area contributed by atoms with E-state index in [1.165, 1.54) is 6.20 Å². The first kappa shape index (κ1) is 13.7. The fourth-order valence-electron chi connectivity index (χ4n) is 2.29. The Hall–Kier alpha value is -1.69. The van der Waals surface area contributed by atoms with Crippen LogP contribution in [0.4, 0.5) is 5.82 Å². The number of hydrogen-bond acceptors (Lipinski definition) is 5. The Kier molecular flexibility index (Phi) is 4.68. The second-order valence-electron chi connectivity index (χ2n) is 4.66. The summed E-state index contributed by atoms with van der Waals surface area (Å²) in [6.45, 7) is 2.72. The first-order valence-corrected chi connectivity index (χ1v) is 6.62. The molecule has 2 rings (SSSR count). The fourth-order valence-corrected chi connectivity index (χ4v) is 2.29. The first-order valence-electron chi connectivity index (χ1n) is 6.62. The van der Waals surface area contributed by atoms with Crippen LogP contribution in [-0.2, 0) is 4.74 Å². The van der Waals surface area contributed by atoms with Crippen LogP contribution in [0.1, 0.15) is 36.7 Å². The molecule has 0 radical (unpaired) electrons. The van der Waals surface area contributed by atoms with Crippen LogP contribution in [0.3, 0.4) is 0 Å². The minimum absolute atomic E-state index is 0.169. The van der Waals surface area contributed by atoms with E-state index in [0.717, 1.165) is 25.8 Å². The summed E-state index contributed by atoms with van der Waals surface area (Å²) < 4.78 is 5.29. The smallest absolute Gasteiger partial charge is 0.271 e. The van der Waals surface area contributed by atoms with Gasteiger partial charge in [-0.2, -0.15) is 0 Å². The molecule has 1 amide bonds. The molecule has 2 atom stereocenters. The molecule has 1 aromatic rings. The van der Waals surface area contributed by atoms with Gasteiger partial charge in [-0.1, -0.05) is 0 Å². The van der Waals surface area contributed by atoms with Gasteiger partial charge in [-0.15, -0.1) is 0 Å². The standard InChI is InChI=1S/C13H20N4O2/c1-3-15-12-8-14-7-11(17-12)13(18)16-9-4-5-10(6-9)19-2/h7-10H,3-6H2,1-2H3,(H,15,17)(H,16,18). The maximum atomic E-state index is 12.1. The minimum atomic E-state index is -0.172. The number of ether oxygens (including phenoxy) is 1. The predicted molar refractivity (Wildman–Crippen MR) is 72.1 cm³/mol. The third kappa shape index (κ3) is 3.64. The van der Waals surface area contributed by atoms with Crippen LogP contribution in [-0.4, -0.2) is 41.7 Å². The normalized spacial score (nSPS) is 22.2. The van der Waals surface area contributed by atoms with Crippen LogP contribution in [0.25, 0.3) is 0 Å². The molecule has 19 heavy (non-hydrogen) atoms. The lowest BCUT2D eigenvalue weighted by Crippen LogP contribution is -2.34. The minimum Gasteiger partial charge on any atom is -0.381 e. The van der Waals surface area contributed by atoms with Crippen LogP contribution in [0.2, 0.25) is 0 Å². The van der Waals surface area contributed by atoms with E-state index in [0.29, 0.717) is 11.5 Å². The zero-order valence-corrected chi connectivity index (χ0v) is 11.3. The molecule has 2 N–H and O–H groups in total. The third-order valence-electron chi connectivity index (χ3n) is 3.28. The maximum absolute atomic E-state index is 12.1. The van der Waals surface area contributed by atoms with Crippen molar-refractivity contribution in [3.05, 3.63) is 18.1 Å². The number of hydrogen-bond donors (Lipinski definition) is 2. The Labute approximate surface area is 113 Å². The largest absolute Gasteiger partial charge is 0.381 e. The maximum Gasteiger partial charge on any atom is 0.271 e. The van der Waals surface area contributed by atoms with E-state index in [1.807, 2.05) is 6.92 Å². The Morgan fingerprint density at radius 1 is 1.47 bits per heavy atom. The molecule has 1 aliphatic rings. The topological polar surface area (TPSA) is 76.1 Å². The van der Waals surface area contributed by atoms with Gasteiger partial charge < -0.3 is 15.4 Å². The fraction of sp³-hybridized carbons (Fsp3) is 0.615. The van der Waals surface area contributed by atoms with E-state index in [2.05, 4.69) is 20.6 Å². The van der Waals surface area contributed by atoms with E-state index in [-0.39, 0.29) is 18.1 Å². The van der Waals surface area contributed by atoms with Crippen molar-refractivity contribution in [3.63, 3.8) is 0 Å². The summed E-state index contributed by atoms with van der Waals surface area (Å²) in [6.07, 6.45) is 6.15. The van der Waals surface area contributed by atoms with Crippen molar-refractivity contribution in [3.8, 4) is 0 Å². The van der Waals surface area contributed by atoms with Crippen molar-refractivity contribution >= 4 is 11.7 Å². The number of carbonyl (C=O) groups excluding carboxylic acids is 1. The summed E-state index contributed by atoms with van der Waals surface area (Å²) >= 11 is 0. The zero-order valence-electron chi connectivity index (χ0n) is 11.3. The lowest BCUT2D eigenvalue weighted by Gasteiger charge is -2.12. The number of nitrogens with zero attached hydrogens (tertiary/aromatic N) is 2. The molecule has 1 saturated carbocycles. The molecule has 0 aliphatic heterocycles. The van der Waals surface area contributed by atoms with Crippen LogP contribution in [0.5, 0.6) is 0 Å². The molecule has 104 valence electrons. The summed E-state index contributed by atoms with van der Waals surface area (Å²) in [7, 11) is 1.71. The van der Waals surface area contributed by atoms with Gasteiger partial charge in [-0.3, -0.25) is 9.78 Å². The highest BCUT2D eigenvalue weighted by atomic mass is 16.5. The van der Waals surface area contributed by atoms with Gasteiger partial charge in [0.1, 0.15) is 11.5 Å². The van der Waals surface area contributed by atoms with Gasteiger partial charge in [0, 0.05) is 19.7 Å². The van der Waals surface area contributed by atoms with E-state index < -0.39 is 0 Å². The Morgan fingerprint density at radius 2 is 2.32 bits per heavy atom. The highest BCUT2D eigenvalue weighted by Crippen LogP contribution is 2.21. The first-order chi connectivity index (χ1) is 9.22. The molecule has 0 spiro atoms. The van der Waals surface area contributed by atoms with Crippen LogP contribution in [0.15, 0.2) is 12.4 Å². The van der Waals surface area contributed by atoms with Crippen molar-refractivity contribution in [1.29, 1.82) is 0 Å². The SMILES string of the molecule is CCNc1cncc(C(=O)NC2CCC(OC)C2)n1. The highest BCUT2D eigenvalue weighted by Gasteiger charge is 2.26. The predicted octanol–water partition coefficient (Wildman–Crippen LogP) is 1.21. The van der Waals surface area contributed by atoms with Gasteiger partial charge in [0.15, 0.2) is 0 Å². The quantitative estimate of drug-likeness (QED) is 0.836. The Bertz CT molecular complexity index is 438. The molecule has 0 saturated heterocycles. The van der Waals surface area contributed by atoms with Gasteiger partial charge in [0.05, 0.1) is 18.5 Å². The van der Waals surface area contributed by atoms with E-state index in [9.17, 15) is 4.79 Å². The summed E-state index contributed by atoms with van der Waals surface area (Å²) in [6, 6.07) is 0.169. The molecule has 6 heteroatoms. The van der Waals surface area contributed by atoms with Crippen molar-refractivity contribution < 1.29 is 9.53 Å². The van der Waals surface area contributed by atoms with Gasteiger partial charge in [0.25, 0.3) is 5.91 Å². The number of aromatic nitrogens is 2. The number of carbonyl (C=O) groups is 1. The van der Waals surface area contributed by atoms with E-state index >= 15 is 0 Å². The van der Waals surface area contributed by atoms with Crippen molar-refractivity contribution in [2.24, 2.45) is 0 Å². The van der Waals surface area contributed by atoms with E-state index in [1.54, 1.807) is 13.3 Å². The van der Waals surface area contributed by atoms with Gasteiger partial charge in [-0.05, 0) is 26.2 Å². The van der Waals surface area contributed by atoms with Crippen LogP contribution >= 0.6 is 0 Å².